The number of carbonyl (C=O) groups excluding carboxylic acids is 1. The maximum Gasteiger partial charge on any atom is 0.309 e. The van der Waals surface area contributed by atoms with Crippen molar-refractivity contribution >= 4 is 5.97 Å². The number of esters is 1. The Bertz CT molecular complexity index is 465. The van der Waals surface area contributed by atoms with Crippen molar-refractivity contribution < 1.29 is 9.53 Å². The Kier molecular flexibility index (Phi) is 9.66. The van der Waals surface area contributed by atoms with E-state index in [0.29, 0.717) is 0 Å². The van der Waals surface area contributed by atoms with E-state index in [1.54, 1.807) is 0 Å². The minimum atomic E-state index is -0.158. The Labute approximate surface area is 167 Å². The van der Waals surface area contributed by atoms with Crippen LogP contribution < -0.4 is 0 Å². The fraction of sp³-hybridized carbons (Fsp3) is 0.917. The van der Waals surface area contributed by atoms with E-state index in [1.165, 1.54) is 51.4 Å². The molecule has 2 fully saturated rings. The lowest BCUT2D eigenvalue weighted by atomic mass is 9.71. The first-order valence-corrected chi connectivity index (χ1v) is 11.7. The largest absolute Gasteiger partial charge is 0.462 e. The Morgan fingerprint density at radius 2 is 1.59 bits per heavy atom. The lowest BCUT2D eigenvalue weighted by Gasteiger charge is -2.35. The lowest BCUT2D eigenvalue weighted by molar-refractivity contribution is -0.158. The van der Waals surface area contributed by atoms with Gasteiger partial charge in [0.25, 0.3) is 0 Å². The summed E-state index contributed by atoms with van der Waals surface area (Å²) >= 11 is 0. The molecular weight excluding hydrogens is 334 g/mol. The van der Waals surface area contributed by atoms with Crippen molar-refractivity contribution in [1.29, 1.82) is 5.26 Å². The van der Waals surface area contributed by atoms with Gasteiger partial charge in [0.2, 0.25) is 0 Å². The Morgan fingerprint density at radius 1 is 0.963 bits per heavy atom. The number of nitriles is 1. The van der Waals surface area contributed by atoms with Gasteiger partial charge < -0.3 is 4.74 Å². The third-order valence-electron chi connectivity index (χ3n) is 7.06. The molecule has 2 aliphatic rings. The third-order valence-corrected chi connectivity index (χ3v) is 7.06. The van der Waals surface area contributed by atoms with Crippen LogP contribution in [0.15, 0.2) is 0 Å². The van der Waals surface area contributed by atoms with Crippen molar-refractivity contribution in [3.63, 3.8) is 0 Å². The van der Waals surface area contributed by atoms with Crippen LogP contribution in [0.4, 0.5) is 0 Å². The number of rotatable bonds is 10. The zero-order valence-electron chi connectivity index (χ0n) is 17.8. The van der Waals surface area contributed by atoms with Crippen molar-refractivity contribution in [2.75, 3.05) is 0 Å². The van der Waals surface area contributed by atoms with E-state index >= 15 is 0 Å². The predicted molar refractivity (Wildman–Crippen MR) is 110 cm³/mol. The summed E-state index contributed by atoms with van der Waals surface area (Å²) in [5.41, 5.74) is -0.158. The molecule has 0 radical (unpaired) electrons. The Morgan fingerprint density at radius 3 is 2.19 bits per heavy atom. The monoisotopic (exact) mass is 375 g/mol. The molecule has 2 saturated carbocycles. The van der Waals surface area contributed by atoms with E-state index in [0.717, 1.165) is 57.3 Å². The van der Waals surface area contributed by atoms with Crippen molar-refractivity contribution in [2.45, 2.75) is 123 Å². The number of nitrogens with zero attached hydrogens (tertiary/aromatic N) is 1. The second-order valence-electron chi connectivity index (χ2n) is 9.20. The molecule has 0 unspecified atom stereocenters. The van der Waals surface area contributed by atoms with Gasteiger partial charge in [-0.25, -0.2) is 0 Å². The summed E-state index contributed by atoms with van der Waals surface area (Å²) in [5.74, 6) is 0.997. The fourth-order valence-corrected chi connectivity index (χ4v) is 5.02. The molecule has 0 saturated heterocycles. The normalized spacial score (nSPS) is 31.2. The average molecular weight is 376 g/mol. The topological polar surface area (TPSA) is 50.1 Å². The molecule has 0 aliphatic heterocycles. The summed E-state index contributed by atoms with van der Waals surface area (Å²) in [6.07, 6.45) is 17.9. The standard InChI is InChI=1S/C24H41NO2/c1-3-5-7-9-20-10-12-21(13-11-20)23(26)27-22-14-17-24(19-25,18-15-22)16-8-6-4-2/h20-22H,3-18H2,1-2H3. The van der Waals surface area contributed by atoms with Crippen molar-refractivity contribution in [1.82, 2.24) is 0 Å². The summed E-state index contributed by atoms with van der Waals surface area (Å²) in [4.78, 5) is 12.6. The first kappa shape index (κ1) is 22.3. The van der Waals surface area contributed by atoms with Crippen LogP contribution in [0.3, 0.4) is 0 Å². The van der Waals surface area contributed by atoms with Gasteiger partial charge in [-0.15, -0.1) is 0 Å². The second kappa shape index (κ2) is 11.7. The van der Waals surface area contributed by atoms with Gasteiger partial charge in [0.1, 0.15) is 6.10 Å². The molecule has 0 aromatic carbocycles. The SMILES string of the molecule is CCCCCC1CCC(C(=O)OC2CCC(C#N)(CCCCC)CC2)CC1. The number of unbranched alkanes of at least 4 members (excludes halogenated alkanes) is 4. The van der Waals surface area contributed by atoms with Crippen LogP contribution in [0.5, 0.6) is 0 Å². The summed E-state index contributed by atoms with van der Waals surface area (Å²) < 4.78 is 5.88. The van der Waals surface area contributed by atoms with E-state index in [4.69, 9.17) is 4.74 Å². The zero-order valence-corrected chi connectivity index (χ0v) is 17.8. The maximum absolute atomic E-state index is 12.6. The zero-order chi connectivity index (χ0) is 19.5. The Hall–Kier alpha value is -1.04. The molecule has 0 heterocycles. The lowest BCUT2D eigenvalue weighted by Crippen LogP contribution is -2.33. The number of hydrogen-bond donors (Lipinski definition) is 0. The van der Waals surface area contributed by atoms with Gasteiger partial charge in [0.05, 0.1) is 17.4 Å². The second-order valence-corrected chi connectivity index (χ2v) is 9.20. The van der Waals surface area contributed by atoms with E-state index < -0.39 is 0 Å². The van der Waals surface area contributed by atoms with Crippen LogP contribution in [0.25, 0.3) is 0 Å². The van der Waals surface area contributed by atoms with Crippen molar-refractivity contribution in [3.05, 3.63) is 0 Å². The molecule has 0 atom stereocenters. The molecule has 0 N–H and O–H groups in total. The highest BCUT2D eigenvalue weighted by Gasteiger charge is 2.37. The summed E-state index contributed by atoms with van der Waals surface area (Å²) in [6.45, 7) is 4.46. The Balaban J connectivity index is 1.68. The highest BCUT2D eigenvalue weighted by molar-refractivity contribution is 5.72. The molecule has 154 valence electrons. The minimum Gasteiger partial charge on any atom is -0.462 e. The van der Waals surface area contributed by atoms with Crippen LogP contribution in [0.1, 0.15) is 117 Å². The average Bonchev–Trinajstić information content (AvgIpc) is 2.70. The molecule has 2 rings (SSSR count). The number of ether oxygens (including phenoxy) is 1. The van der Waals surface area contributed by atoms with Gasteiger partial charge in [-0.3, -0.25) is 4.79 Å². The molecule has 2 aliphatic carbocycles. The fourth-order valence-electron chi connectivity index (χ4n) is 5.02. The van der Waals surface area contributed by atoms with Crippen LogP contribution in [0, 0.1) is 28.6 Å². The van der Waals surface area contributed by atoms with E-state index in [9.17, 15) is 10.1 Å². The van der Waals surface area contributed by atoms with Gasteiger partial charge in [-0.2, -0.15) is 5.26 Å². The molecule has 0 spiro atoms. The van der Waals surface area contributed by atoms with Crippen LogP contribution in [0.2, 0.25) is 0 Å². The van der Waals surface area contributed by atoms with Crippen molar-refractivity contribution in [2.24, 2.45) is 17.3 Å². The maximum atomic E-state index is 12.6. The summed E-state index contributed by atoms with van der Waals surface area (Å²) in [6, 6.07) is 2.60. The molecule has 0 aromatic heterocycles. The van der Waals surface area contributed by atoms with E-state index in [-0.39, 0.29) is 23.4 Å². The first-order chi connectivity index (χ1) is 13.1. The van der Waals surface area contributed by atoms with Crippen molar-refractivity contribution in [3.8, 4) is 6.07 Å². The minimum absolute atomic E-state index is 0.0439. The molecule has 27 heavy (non-hydrogen) atoms. The van der Waals surface area contributed by atoms with Crippen LogP contribution in [-0.2, 0) is 9.53 Å². The molecule has 0 bridgehead atoms. The van der Waals surface area contributed by atoms with Gasteiger partial charge in [0.15, 0.2) is 0 Å². The quantitative estimate of drug-likeness (QED) is 0.306. The van der Waals surface area contributed by atoms with E-state index in [2.05, 4.69) is 19.9 Å². The van der Waals surface area contributed by atoms with Crippen LogP contribution in [-0.4, -0.2) is 12.1 Å². The molecule has 0 aromatic rings. The predicted octanol–water partition coefficient (Wildman–Crippen LogP) is 6.95. The van der Waals surface area contributed by atoms with Crippen LogP contribution >= 0.6 is 0 Å². The third kappa shape index (κ3) is 7.13. The highest BCUT2D eigenvalue weighted by atomic mass is 16.5. The molecular formula is C24H41NO2. The molecule has 3 nitrogen and oxygen atoms in total. The smallest absolute Gasteiger partial charge is 0.309 e. The summed E-state index contributed by atoms with van der Waals surface area (Å²) in [7, 11) is 0. The molecule has 3 heteroatoms. The summed E-state index contributed by atoms with van der Waals surface area (Å²) in [5, 5.41) is 9.66. The van der Waals surface area contributed by atoms with Gasteiger partial charge in [-0.05, 0) is 63.7 Å². The first-order valence-electron chi connectivity index (χ1n) is 11.7. The van der Waals surface area contributed by atoms with Gasteiger partial charge in [0, 0.05) is 0 Å². The van der Waals surface area contributed by atoms with Gasteiger partial charge >= 0.3 is 5.97 Å². The molecule has 0 amide bonds. The van der Waals surface area contributed by atoms with E-state index in [1.807, 2.05) is 0 Å². The highest BCUT2D eigenvalue weighted by Crippen LogP contribution is 2.41. The number of carbonyl (C=O) groups is 1. The number of hydrogen-bond acceptors (Lipinski definition) is 3. The van der Waals surface area contributed by atoms with Gasteiger partial charge in [-0.1, -0.05) is 58.8 Å².